The summed E-state index contributed by atoms with van der Waals surface area (Å²) in [5.41, 5.74) is 5.19. The Morgan fingerprint density at radius 2 is 1.41 bits per heavy atom. The second-order valence-corrected chi connectivity index (χ2v) is 12.3. The van der Waals surface area contributed by atoms with E-state index in [0.29, 0.717) is 22.0 Å². The van der Waals surface area contributed by atoms with Gasteiger partial charge in [-0.1, -0.05) is 97.5 Å². The number of nitrogens with zero attached hydrogens (tertiary/aromatic N) is 5. The Morgan fingerprint density at radius 3 is 2.09 bits per heavy atom. The van der Waals surface area contributed by atoms with Crippen molar-refractivity contribution in [3.05, 3.63) is 137 Å². The molecule has 0 bridgehead atoms. The van der Waals surface area contributed by atoms with Gasteiger partial charge in [-0.3, -0.25) is 14.5 Å². The number of tetrazole rings is 1. The predicted molar refractivity (Wildman–Crippen MR) is 170 cm³/mol. The number of imide groups is 1. The van der Waals surface area contributed by atoms with Crippen LogP contribution < -0.4 is 0 Å². The smallest absolute Gasteiger partial charge is 0.261 e. The largest absolute Gasteiger partial charge is 0.392 e. The third-order valence-corrected chi connectivity index (χ3v) is 9.42. The maximum atomic E-state index is 12.9. The molecule has 4 aromatic carbocycles. The van der Waals surface area contributed by atoms with Crippen LogP contribution in [0.5, 0.6) is 0 Å². The highest BCUT2D eigenvalue weighted by atomic mass is 32.2. The van der Waals surface area contributed by atoms with Gasteiger partial charge in [-0.05, 0) is 51.4 Å². The van der Waals surface area contributed by atoms with Gasteiger partial charge in [0.05, 0.1) is 42.2 Å². The van der Waals surface area contributed by atoms with Gasteiger partial charge in [0, 0.05) is 17.2 Å². The van der Waals surface area contributed by atoms with Crippen LogP contribution in [-0.4, -0.2) is 53.9 Å². The summed E-state index contributed by atoms with van der Waals surface area (Å²) in [6, 6.07) is 32.0. The molecule has 1 N–H and O–H groups in total. The van der Waals surface area contributed by atoms with Gasteiger partial charge < -0.3 is 14.6 Å². The molecule has 10 nitrogen and oxygen atoms in total. The van der Waals surface area contributed by atoms with Gasteiger partial charge in [0.25, 0.3) is 11.8 Å². The van der Waals surface area contributed by atoms with Crippen LogP contribution in [-0.2, 0) is 22.6 Å². The second-order valence-electron chi connectivity index (χ2n) is 11.3. The van der Waals surface area contributed by atoms with Gasteiger partial charge in [0.1, 0.15) is 0 Å². The van der Waals surface area contributed by atoms with Crippen molar-refractivity contribution < 1.29 is 24.2 Å². The number of carbonyl (C=O) groups excluding carboxylic acids is 2. The number of thioether (sulfide) groups is 1. The zero-order chi connectivity index (χ0) is 31.6. The lowest BCUT2D eigenvalue weighted by Crippen LogP contribution is -2.38. The molecule has 1 fully saturated rings. The van der Waals surface area contributed by atoms with Crippen LogP contribution >= 0.6 is 11.8 Å². The lowest BCUT2D eigenvalue weighted by molar-refractivity contribution is -0.268. The number of rotatable bonds is 9. The van der Waals surface area contributed by atoms with Crippen molar-refractivity contribution in [3.63, 3.8) is 0 Å². The molecule has 3 heterocycles. The first-order chi connectivity index (χ1) is 22.5. The molecule has 2 aliphatic rings. The molecular formula is C35H31N5O5S. The second kappa shape index (κ2) is 13.0. The number of carbonyl (C=O) groups is 2. The minimum absolute atomic E-state index is 0.0159. The summed E-state index contributed by atoms with van der Waals surface area (Å²) in [6.45, 7) is 2.25. The van der Waals surface area contributed by atoms with E-state index in [0.717, 1.165) is 27.9 Å². The fourth-order valence-electron chi connectivity index (χ4n) is 5.81. The van der Waals surface area contributed by atoms with Crippen LogP contribution in [0.1, 0.15) is 62.3 Å². The molecule has 7 rings (SSSR count). The molecule has 4 atom stereocenters. The van der Waals surface area contributed by atoms with Crippen molar-refractivity contribution in [2.75, 3.05) is 5.75 Å². The fraction of sp³-hybridized carbons (Fsp3) is 0.229. The van der Waals surface area contributed by atoms with Crippen LogP contribution in [0.2, 0.25) is 0 Å². The third kappa shape index (κ3) is 5.85. The van der Waals surface area contributed by atoms with E-state index >= 15 is 0 Å². The number of aromatic nitrogens is 4. The van der Waals surface area contributed by atoms with Crippen molar-refractivity contribution in [2.45, 2.75) is 43.7 Å². The first kappa shape index (κ1) is 30.0. The number of aliphatic hydroxyl groups is 1. The van der Waals surface area contributed by atoms with Crippen LogP contribution in [0, 0.1) is 5.92 Å². The zero-order valence-corrected chi connectivity index (χ0v) is 25.8. The Hall–Kier alpha value is -4.68. The highest BCUT2D eigenvalue weighted by Gasteiger charge is 2.39. The first-order valence-corrected chi connectivity index (χ1v) is 16.0. The molecule has 5 aromatic rings. The third-order valence-electron chi connectivity index (χ3n) is 8.41. The number of aliphatic hydroxyl groups excluding tert-OH is 1. The molecule has 232 valence electrons. The van der Waals surface area contributed by atoms with Crippen molar-refractivity contribution in [1.82, 2.24) is 25.1 Å². The Kier molecular flexibility index (Phi) is 8.46. The van der Waals surface area contributed by atoms with Gasteiger partial charge in [0.15, 0.2) is 6.29 Å². The quantitative estimate of drug-likeness (QED) is 0.165. The van der Waals surface area contributed by atoms with E-state index in [1.54, 1.807) is 28.9 Å². The van der Waals surface area contributed by atoms with Crippen LogP contribution in [0.25, 0.3) is 5.69 Å². The summed E-state index contributed by atoms with van der Waals surface area (Å²) in [5, 5.41) is 22.6. The van der Waals surface area contributed by atoms with Crippen LogP contribution in [0.4, 0.5) is 0 Å². The van der Waals surface area contributed by atoms with Gasteiger partial charge in [-0.2, -0.15) is 4.68 Å². The Bertz CT molecular complexity index is 1810. The molecule has 46 heavy (non-hydrogen) atoms. The summed E-state index contributed by atoms with van der Waals surface area (Å²) >= 11 is 1.52. The molecule has 1 saturated heterocycles. The Balaban J connectivity index is 1.11. The van der Waals surface area contributed by atoms with E-state index < -0.39 is 6.29 Å². The van der Waals surface area contributed by atoms with E-state index in [1.165, 1.54) is 16.7 Å². The monoisotopic (exact) mass is 633 g/mol. The van der Waals surface area contributed by atoms with Gasteiger partial charge in [-0.15, -0.1) is 5.10 Å². The molecule has 2 aliphatic heterocycles. The maximum absolute atomic E-state index is 12.9. The normalized spacial score (nSPS) is 21.0. The van der Waals surface area contributed by atoms with Crippen molar-refractivity contribution in [1.29, 1.82) is 0 Å². The van der Waals surface area contributed by atoms with Crippen LogP contribution in [0.3, 0.4) is 0 Å². The van der Waals surface area contributed by atoms with Crippen molar-refractivity contribution in [3.8, 4) is 5.69 Å². The molecule has 0 spiro atoms. The summed E-state index contributed by atoms with van der Waals surface area (Å²) < 4.78 is 14.9. The summed E-state index contributed by atoms with van der Waals surface area (Å²) in [4.78, 5) is 27.1. The van der Waals surface area contributed by atoms with Crippen molar-refractivity contribution >= 4 is 23.6 Å². The number of benzene rings is 4. The van der Waals surface area contributed by atoms with E-state index in [1.807, 2.05) is 78.9 Å². The fourth-order valence-corrected chi connectivity index (χ4v) is 6.87. The molecule has 2 amide bonds. The zero-order valence-electron chi connectivity index (χ0n) is 25.0. The van der Waals surface area contributed by atoms with E-state index in [2.05, 4.69) is 22.4 Å². The number of ether oxygens (including phenoxy) is 2. The van der Waals surface area contributed by atoms with Gasteiger partial charge in [-0.25, -0.2) is 0 Å². The predicted octanol–water partition coefficient (Wildman–Crippen LogP) is 5.53. The standard InChI is InChI=1S/C35H31N5O5S/c1-22-30(21-46-35-36-37-38-40(35)27-7-3-2-4-8-27)44-34(45-31(22)25-15-13-24(20-41)14-16-25)26-17-11-23(12-18-26)19-39-32(42)28-9-5-6-10-29(28)33(39)43/h2-18,22,30-31,34,41H,19-21H2,1H3/t22-,30+,31+,34+/m0/s1. The van der Waals surface area contributed by atoms with Crippen LogP contribution in [0.15, 0.2) is 108 Å². The van der Waals surface area contributed by atoms with Gasteiger partial charge in [0.2, 0.25) is 5.16 Å². The SMILES string of the molecule is C[C@H]1[C@@H](CSc2nnnn2-c2ccccc2)O[C@@H](c2ccc(CN3C(=O)c4ccccc4C3=O)cc2)O[C@H]1c1ccc(CO)cc1. The van der Waals surface area contributed by atoms with E-state index in [9.17, 15) is 14.7 Å². The summed E-state index contributed by atoms with van der Waals surface area (Å²) in [5.74, 6) is -0.00686. The molecule has 0 radical (unpaired) electrons. The molecule has 0 unspecified atom stereocenters. The number of amides is 2. The highest BCUT2D eigenvalue weighted by Crippen LogP contribution is 2.43. The average Bonchev–Trinajstić information content (AvgIpc) is 3.67. The molecule has 0 saturated carbocycles. The number of para-hydroxylation sites is 1. The maximum Gasteiger partial charge on any atom is 0.261 e. The Morgan fingerprint density at radius 1 is 0.783 bits per heavy atom. The number of fused-ring (bicyclic) bond motifs is 1. The van der Waals surface area contributed by atoms with E-state index in [4.69, 9.17) is 9.47 Å². The Labute approximate surface area is 270 Å². The lowest BCUT2D eigenvalue weighted by atomic mass is 9.91. The molecule has 11 heteroatoms. The number of hydrogen-bond acceptors (Lipinski definition) is 9. The lowest BCUT2D eigenvalue weighted by Gasteiger charge is -2.41. The molecule has 1 aromatic heterocycles. The molecular weight excluding hydrogens is 602 g/mol. The topological polar surface area (TPSA) is 120 Å². The minimum atomic E-state index is -0.664. The minimum Gasteiger partial charge on any atom is -0.392 e. The van der Waals surface area contributed by atoms with Gasteiger partial charge >= 0.3 is 0 Å². The van der Waals surface area contributed by atoms with E-state index in [-0.39, 0.29) is 43.1 Å². The van der Waals surface area contributed by atoms with Crippen molar-refractivity contribution in [2.24, 2.45) is 5.92 Å². The number of hydrogen-bond donors (Lipinski definition) is 1. The first-order valence-electron chi connectivity index (χ1n) is 15.0. The summed E-state index contributed by atoms with van der Waals surface area (Å²) in [6.07, 6.45) is -1.16. The molecule has 0 aliphatic carbocycles. The summed E-state index contributed by atoms with van der Waals surface area (Å²) in [7, 11) is 0. The highest BCUT2D eigenvalue weighted by molar-refractivity contribution is 7.99. The average molecular weight is 634 g/mol.